The maximum absolute atomic E-state index is 12.2. The SMILES string of the molecule is COC(=O)c1c(OCc2ccccc2)ccc2c1CCCC2. The first-order chi connectivity index (χ1) is 10.8. The third kappa shape index (κ3) is 2.98. The van der Waals surface area contributed by atoms with Gasteiger partial charge in [-0.3, -0.25) is 0 Å². The zero-order valence-corrected chi connectivity index (χ0v) is 12.8. The highest BCUT2D eigenvalue weighted by Crippen LogP contribution is 2.32. The van der Waals surface area contributed by atoms with Crippen LogP contribution in [-0.2, 0) is 24.2 Å². The number of hydrogen-bond donors (Lipinski definition) is 0. The molecule has 3 heteroatoms. The number of methoxy groups -OCH3 is 1. The summed E-state index contributed by atoms with van der Waals surface area (Å²) in [4.78, 5) is 12.2. The molecule has 0 fully saturated rings. The Morgan fingerprint density at radius 3 is 2.59 bits per heavy atom. The number of hydrogen-bond acceptors (Lipinski definition) is 3. The molecule has 0 unspecified atom stereocenters. The minimum absolute atomic E-state index is 0.304. The molecule has 0 N–H and O–H groups in total. The normalized spacial score (nSPS) is 13.3. The van der Waals surface area contributed by atoms with Crippen LogP contribution in [0.2, 0.25) is 0 Å². The van der Waals surface area contributed by atoms with E-state index in [2.05, 4.69) is 6.07 Å². The highest BCUT2D eigenvalue weighted by Gasteiger charge is 2.23. The smallest absolute Gasteiger partial charge is 0.341 e. The molecule has 0 saturated carbocycles. The van der Waals surface area contributed by atoms with Crippen LogP contribution in [0.25, 0.3) is 0 Å². The van der Waals surface area contributed by atoms with Crippen LogP contribution >= 0.6 is 0 Å². The van der Waals surface area contributed by atoms with Gasteiger partial charge in [0.15, 0.2) is 0 Å². The van der Waals surface area contributed by atoms with Crippen molar-refractivity contribution in [3.05, 3.63) is 64.7 Å². The second-order valence-electron chi connectivity index (χ2n) is 5.55. The minimum atomic E-state index is -0.304. The molecule has 0 atom stereocenters. The van der Waals surface area contributed by atoms with Gasteiger partial charge in [0.2, 0.25) is 0 Å². The molecule has 114 valence electrons. The van der Waals surface area contributed by atoms with Gasteiger partial charge in [0.25, 0.3) is 0 Å². The van der Waals surface area contributed by atoms with E-state index in [4.69, 9.17) is 9.47 Å². The van der Waals surface area contributed by atoms with Crippen molar-refractivity contribution in [1.29, 1.82) is 0 Å². The highest BCUT2D eigenvalue weighted by molar-refractivity contribution is 5.94. The Morgan fingerprint density at radius 2 is 1.82 bits per heavy atom. The molecule has 0 saturated heterocycles. The molecule has 0 heterocycles. The van der Waals surface area contributed by atoms with Crippen molar-refractivity contribution in [2.45, 2.75) is 32.3 Å². The molecule has 3 rings (SSSR count). The van der Waals surface area contributed by atoms with Crippen molar-refractivity contribution in [2.75, 3.05) is 7.11 Å². The van der Waals surface area contributed by atoms with Crippen molar-refractivity contribution >= 4 is 5.97 Å². The van der Waals surface area contributed by atoms with Gasteiger partial charge in [-0.25, -0.2) is 4.79 Å². The summed E-state index contributed by atoms with van der Waals surface area (Å²) in [5.41, 5.74) is 4.04. The molecule has 0 spiro atoms. The summed E-state index contributed by atoms with van der Waals surface area (Å²) in [6.07, 6.45) is 4.23. The fraction of sp³-hybridized carbons (Fsp3) is 0.316. The monoisotopic (exact) mass is 296 g/mol. The molecular weight excluding hydrogens is 276 g/mol. The molecular formula is C19H20O3. The fourth-order valence-electron chi connectivity index (χ4n) is 2.99. The van der Waals surface area contributed by atoms with Crippen molar-refractivity contribution in [1.82, 2.24) is 0 Å². The van der Waals surface area contributed by atoms with Gasteiger partial charge in [-0.05, 0) is 48.4 Å². The first-order valence-electron chi connectivity index (χ1n) is 7.69. The number of fused-ring (bicyclic) bond motifs is 1. The van der Waals surface area contributed by atoms with Crippen molar-refractivity contribution in [2.24, 2.45) is 0 Å². The zero-order chi connectivity index (χ0) is 15.4. The number of aryl methyl sites for hydroxylation is 1. The Bertz CT molecular complexity index is 662. The third-order valence-corrected chi connectivity index (χ3v) is 4.12. The second kappa shape index (κ2) is 6.65. The van der Waals surface area contributed by atoms with E-state index in [1.807, 2.05) is 36.4 Å². The first-order valence-corrected chi connectivity index (χ1v) is 7.69. The quantitative estimate of drug-likeness (QED) is 0.802. The van der Waals surface area contributed by atoms with E-state index >= 15 is 0 Å². The summed E-state index contributed by atoms with van der Waals surface area (Å²) in [5.74, 6) is 0.318. The van der Waals surface area contributed by atoms with E-state index in [1.54, 1.807) is 0 Å². The second-order valence-corrected chi connectivity index (χ2v) is 5.55. The standard InChI is InChI=1S/C19H20O3/c1-21-19(20)18-16-10-6-5-9-15(16)11-12-17(18)22-13-14-7-3-2-4-8-14/h2-4,7-8,11-12H,5-6,9-10,13H2,1H3. The number of carbonyl (C=O) groups excluding carboxylic acids is 1. The average Bonchev–Trinajstić information content (AvgIpc) is 2.59. The van der Waals surface area contributed by atoms with E-state index in [9.17, 15) is 4.79 Å². The summed E-state index contributed by atoms with van der Waals surface area (Å²) in [6, 6.07) is 13.9. The lowest BCUT2D eigenvalue weighted by Crippen LogP contribution is -2.14. The largest absolute Gasteiger partial charge is 0.488 e. The van der Waals surface area contributed by atoms with Crippen LogP contribution in [0, 0.1) is 0 Å². The third-order valence-electron chi connectivity index (χ3n) is 4.12. The van der Waals surface area contributed by atoms with Crippen LogP contribution in [0.3, 0.4) is 0 Å². The van der Waals surface area contributed by atoms with Crippen molar-refractivity contribution < 1.29 is 14.3 Å². The molecule has 0 radical (unpaired) electrons. The molecule has 3 nitrogen and oxygen atoms in total. The fourth-order valence-corrected chi connectivity index (χ4v) is 2.99. The topological polar surface area (TPSA) is 35.5 Å². The van der Waals surface area contributed by atoms with E-state index in [1.165, 1.54) is 19.1 Å². The maximum Gasteiger partial charge on any atom is 0.341 e. The van der Waals surface area contributed by atoms with Gasteiger partial charge in [-0.2, -0.15) is 0 Å². The van der Waals surface area contributed by atoms with E-state index < -0.39 is 0 Å². The summed E-state index contributed by atoms with van der Waals surface area (Å²) < 4.78 is 10.9. The summed E-state index contributed by atoms with van der Waals surface area (Å²) >= 11 is 0. The lowest BCUT2D eigenvalue weighted by Gasteiger charge is -2.21. The van der Waals surface area contributed by atoms with Crippen LogP contribution in [0.15, 0.2) is 42.5 Å². The highest BCUT2D eigenvalue weighted by atomic mass is 16.5. The van der Waals surface area contributed by atoms with Gasteiger partial charge in [-0.15, -0.1) is 0 Å². The number of ether oxygens (including phenoxy) is 2. The predicted molar refractivity (Wildman–Crippen MR) is 85.2 cm³/mol. The maximum atomic E-state index is 12.2. The van der Waals surface area contributed by atoms with Crippen LogP contribution in [0.4, 0.5) is 0 Å². The van der Waals surface area contributed by atoms with Gasteiger partial charge in [0.1, 0.15) is 17.9 Å². The Labute approximate surface area is 130 Å². The Balaban J connectivity index is 1.91. The Morgan fingerprint density at radius 1 is 1.05 bits per heavy atom. The van der Waals surface area contributed by atoms with E-state index in [0.717, 1.165) is 30.4 Å². The molecule has 22 heavy (non-hydrogen) atoms. The van der Waals surface area contributed by atoms with Gasteiger partial charge in [-0.1, -0.05) is 36.4 Å². The number of carbonyl (C=O) groups is 1. The van der Waals surface area contributed by atoms with Gasteiger partial charge < -0.3 is 9.47 Å². The lowest BCUT2D eigenvalue weighted by atomic mass is 9.88. The van der Waals surface area contributed by atoms with Crippen LogP contribution < -0.4 is 4.74 Å². The number of rotatable bonds is 4. The van der Waals surface area contributed by atoms with E-state index in [-0.39, 0.29) is 5.97 Å². The van der Waals surface area contributed by atoms with Gasteiger partial charge >= 0.3 is 5.97 Å². The van der Waals surface area contributed by atoms with Crippen LogP contribution in [0.5, 0.6) is 5.75 Å². The van der Waals surface area contributed by atoms with E-state index in [0.29, 0.717) is 17.9 Å². The number of esters is 1. The summed E-state index contributed by atoms with van der Waals surface area (Å²) in [7, 11) is 1.42. The molecule has 0 amide bonds. The van der Waals surface area contributed by atoms with Crippen LogP contribution in [-0.4, -0.2) is 13.1 Å². The summed E-state index contributed by atoms with van der Waals surface area (Å²) in [5, 5.41) is 0. The number of benzene rings is 2. The van der Waals surface area contributed by atoms with Crippen molar-refractivity contribution in [3.8, 4) is 5.75 Å². The van der Waals surface area contributed by atoms with Gasteiger partial charge in [0.05, 0.1) is 7.11 Å². The Kier molecular flexibility index (Phi) is 4.42. The van der Waals surface area contributed by atoms with Gasteiger partial charge in [0, 0.05) is 0 Å². The van der Waals surface area contributed by atoms with Crippen LogP contribution in [0.1, 0.15) is 39.9 Å². The predicted octanol–water partition coefficient (Wildman–Crippen LogP) is 3.93. The molecule has 0 bridgehead atoms. The summed E-state index contributed by atoms with van der Waals surface area (Å²) in [6.45, 7) is 0.448. The molecule has 1 aliphatic carbocycles. The minimum Gasteiger partial charge on any atom is -0.488 e. The molecule has 0 aromatic heterocycles. The lowest BCUT2D eigenvalue weighted by molar-refractivity contribution is 0.0593. The molecule has 2 aromatic rings. The van der Waals surface area contributed by atoms with Crippen molar-refractivity contribution in [3.63, 3.8) is 0 Å². The first kappa shape index (κ1) is 14.6. The molecule has 0 aliphatic heterocycles. The molecule has 2 aromatic carbocycles. The zero-order valence-electron chi connectivity index (χ0n) is 12.8. The Hall–Kier alpha value is -2.29. The average molecular weight is 296 g/mol. The molecule has 1 aliphatic rings.